The van der Waals surface area contributed by atoms with Gasteiger partial charge >= 0.3 is 6.03 Å². The maximum Gasteiger partial charge on any atom is 0.319 e. The van der Waals surface area contributed by atoms with Crippen molar-refractivity contribution in [1.29, 1.82) is 0 Å². The minimum Gasteiger partial charge on any atom is -0.388 e. The van der Waals surface area contributed by atoms with Crippen LogP contribution >= 0.6 is 0 Å². The summed E-state index contributed by atoms with van der Waals surface area (Å²) in [6.07, 6.45) is 5.52. The summed E-state index contributed by atoms with van der Waals surface area (Å²) in [4.78, 5) is 22.3. The molecular formula is C16H23N3O4. The van der Waals surface area contributed by atoms with Crippen molar-refractivity contribution >= 4 is 17.4 Å². The molecule has 126 valence electrons. The van der Waals surface area contributed by atoms with Gasteiger partial charge in [-0.25, -0.2) is 4.79 Å². The number of urea groups is 1. The molecule has 1 aromatic rings. The summed E-state index contributed by atoms with van der Waals surface area (Å²) < 4.78 is 0. The fourth-order valence-corrected chi connectivity index (χ4v) is 2.83. The minimum absolute atomic E-state index is 0.0757. The van der Waals surface area contributed by atoms with Crippen LogP contribution in [0, 0.1) is 17.0 Å². The first-order chi connectivity index (χ1) is 10.9. The van der Waals surface area contributed by atoms with Crippen LogP contribution in [0.3, 0.4) is 0 Å². The van der Waals surface area contributed by atoms with E-state index in [4.69, 9.17) is 0 Å². The topological polar surface area (TPSA) is 105 Å². The molecule has 1 aliphatic carbocycles. The van der Waals surface area contributed by atoms with Crippen molar-refractivity contribution in [2.75, 3.05) is 11.9 Å². The van der Waals surface area contributed by atoms with Crippen molar-refractivity contribution < 1.29 is 14.8 Å². The van der Waals surface area contributed by atoms with E-state index in [1.165, 1.54) is 12.1 Å². The number of hydrogen-bond donors (Lipinski definition) is 3. The third-order valence-corrected chi connectivity index (χ3v) is 4.29. The Hall–Kier alpha value is -2.15. The molecule has 0 spiro atoms. The van der Waals surface area contributed by atoms with E-state index < -0.39 is 16.6 Å². The number of nitro benzene ring substituents is 1. The van der Waals surface area contributed by atoms with Crippen LogP contribution in [0.5, 0.6) is 0 Å². The number of amides is 2. The Morgan fingerprint density at radius 1 is 1.30 bits per heavy atom. The van der Waals surface area contributed by atoms with Gasteiger partial charge in [-0.05, 0) is 25.3 Å². The molecule has 7 nitrogen and oxygen atoms in total. The zero-order valence-electron chi connectivity index (χ0n) is 13.3. The number of benzene rings is 1. The fraction of sp³-hybridized carbons (Fsp3) is 0.562. The molecule has 1 saturated carbocycles. The van der Waals surface area contributed by atoms with Gasteiger partial charge in [0, 0.05) is 18.7 Å². The van der Waals surface area contributed by atoms with E-state index in [9.17, 15) is 20.0 Å². The fourth-order valence-electron chi connectivity index (χ4n) is 2.83. The molecule has 0 aliphatic heterocycles. The number of nitro groups is 1. The number of aryl methyl sites for hydroxylation is 1. The first-order valence-electron chi connectivity index (χ1n) is 7.92. The average molecular weight is 321 g/mol. The zero-order valence-corrected chi connectivity index (χ0v) is 13.3. The average Bonchev–Trinajstić information content (AvgIpc) is 2.72. The number of carbonyl (C=O) groups is 1. The highest BCUT2D eigenvalue weighted by molar-refractivity contribution is 5.90. The SMILES string of the molecule is Cc1ccc([N+](=O)[O-])cc1NC(=O)NCC1(O)CCCCCC1. The standard InChI is InChI=1S/C16H23N3O4/c1-12-6-7-13(19(22)23)10-14(12)18-15(20)17-11-16(21)8-4-2-3-5-9-16/h6-7,10,21H,2-5,8-9,11H2,1H3,(H2,17,18,20). The van der Waals surface area contributed by atoms with Crippen molar-refractivity contribution in [2.24, 2.45) is 0 Å². The summed E-state index contributed by atoms with van der Waals surface area (Å²) in [5.41, 5.74) is 0.197. The monoisotopic (exact) mass is 321 g/mol. The number of aliphatic hydroxyl groups is 1. The number of hydrogen-bond acceptors (Lipinski definition) is 4. The summed E-state index contributed by atoms with van der Waals surface area (Å²) in [5.74, 6) is 0. The van der Waals surface area contributed by atoms with Gasteiger partial charge in [-0.1, -0.05) is 31.7 Å². The van der Waals surface area contributed by atoms with Crippen molar-refractivity contribution in [1.82, 2.24) is 5.32 Å². The Bertz CT molecular complexity index is 581. The Morgan fingerprint density at radius 2 is 1.96 bits per heavy atom. The number of carbonyl (C=O) groups excluding carboxylic acids is 1. The van der Waals surface area contributed by atoms with Gasteiger partial charge in [0.2, 0.25) is 0 Å². The van der Waals surface area contributed by atoms with Crippen LogP contribution in [0.2, 0.25) is 0 Å². The molecule has 1 aromatic carbocycles. The second-order valence-electron chi connectivity index (χ2n) is 6.20. The van der Waals surface area contributed by atoms with E-state index >= 15 is 0 Å². The van der Waals surface area contributed by atoms with Crippen molar-refractivity contribution in [2.45, 2.75) is 51.0 Å². The molecule has 1 aliphatic rings. The third kappa shape index (κ3) is 4.92. The van der Waals surface area contributed by atoms with Crippen LogP contribution < -0.4 is 10.6 Å². The number of anilines is 1. The van der Waals surface area contributed by atoms with Crippen LogP contribution in [0.25, 0.3) is 0 Å². The lowest BCUT2D eigenvalue weighted by atomic mass is 9.95. The molecule has 0 heterocycles. The highest BCUT2D eigenvalue weighted by Crippen LogP contribution is 2.26. The summed E-state index contributed by atoms with van der Waals surface area (Å²) in [7, 11) is 0. The Labute approximate surface area is 135 Å². The second-order valence-corrected chi connectivity index (χ2v) is 6.20. The van der Waals surface area contributed by atoms with Crippen molar-refractivity contribution in [3.8, 4) is 0 Å². The summed E-state index contributed by atoms with van der Waals surface area (Å²) >= 11 is 0. The van der Waals surface area contributed by atoms with Gasteiger partial charge in [0.15, 0.2) is 0 Å². The molecule has 0 bridgehead atoms. The predicted molar refractivity (Wildman–Crippen MR) is 87.5 cm³/mol. The van der Waals surface area contributed by atoms with Gasteiger partial charge in [-0.15, -0.1) is 0 Å². The molecule has 3 N–H and O–H groups in total. The smallest absolute Gasteiger partial charge is 0.319 e. The Balaban J connectivity index is 1.94. The van der Waals surface area contributed by atoms with Crippen LogP contribution in [0.4, 0.5) is 16.2 Å². The summed E-state index contributed by atoms with van der Waals surface area (Å²) in [5, 5.41) is 26.6. The third-order valence-electron chi connectivity index (χ3n) is 4.29. The first-order valence-corrected chi connectivity index (χ1v) is 7.92. The van der Waals surface area contributed by atoms with E-state index in [-0.39, 0.29) is 12.2 Å². The molecule has 7 heteroatoms. The van der Waals surface area contributed by atoms with Crippen molar-refractivity contribution in [3.05, 3.63) is 33.9 Å². The molecule has 2 rings (SSSR count). The Kier molecular flexibility index (Phi) is 5.54. The number of rotatable bonds is 4. The van der Waals surface area contributed by atoms with Gasteiger partial charge in [0.05, 0.1) is 16.2 Å². The van der Waals surface area contributed by atoms with Gasteiger partial charge in [0.1, 0.15) is 0 Å². The summed E-state index contributed by atoms with van der Waals surface area (Å²) in [6.45, 7) is 1.95. The van der Waals surface area contributed by atoms with E-state index in [2.05, 4.69) is 10.6 Å². The molecule has 1 fully saturated rings. The molecule has 0 atom stereocenters. The number of nitrogens with zero attached hydrogens (tertiary/aromatic N) is 1. The first kappa shape index (κ1) is 17.2. The summed E-state index contributed by atoms with van der Waals surface area (Å²) in [6, 6.07) is 3.85. The second kappa shape index (κ2) is 7.41. The van der Waals surface area contributed by atoms with E-state index in [1.54, 1.807) is 13.0 Å². The van der Waals surface area contributed by atoms with Gasteiger partial charge in [-0.2, -0.15) is 0 Å². The van der Waals surface area contributed by atoms with Crippen LogP contribution in [0.15, 0.2) is 18.2 Å². The maximum absolute atomic E-state index is 12.0. The number of non-ortho nitro benzene ring substituents is 1. The minimum atomic E-state index is -0.856. The van der Waals surface area contributed by atoms with Gasteiger partial charge < -0.3 is 15.7 Å². The van der Waals surface area contributed by atoms with Crippen LogP contribution in [0.1, 0.15) is 44.1 Å². The maximum atomic E-state index is 12.0. The quantitative estimate of drug-likeness (QED) is 0.450. The lowest BCUT2D eigenvalue weighted by molar-refractivity contribution is -0.384. The molecule has 0 aromatic heterocycles. The Morgan fingerprint density at radius 3 is 2.57 bits per heavy atom. The van der Waals surface area contributed by atoms with Gasteiger partial charge in [-0.3, -0.25) is 10.1 Å². The van der Waals surface area contributed by atoms with E-state index in [1.807, 2.05) is 0 Å². The highest BCUT2D eigenvalue weighted by Gasteiger charge is 2.28. The predicted octanol–water partition coefficient (Wildman–Crippen LogP) is 3.11. The zero-order chi connectivity index (χ0) is 16.9. The van der Waals surface area contributed by atoms with Crippen LogP contribution in [-0.2, 0) is 0 Å². The van der Waals surface area contributed by atoms with E-state index in [0.29, 0.717) is 18.5 Å². The molecule has 0 radical (unpaired) electrons. The highest BCUT2D eigenvalue weighted by atomic mass is 16.6. The van der Waals surface area contributed by atoms with Gasteiger partial charge in [0.25, 0.3) is 5.69 Å². The molecule has 2 amide bonds. The van der Waals surface area contributed by atoms with E-state index in [0.717, 1.165) is 31.2 Å². The molecule has 23 heavy (non-hydrogen) atoms. The van der Waals surface area contributed by atoms with Crippen molar-refractivity contribution in [3.63, 3.8) is 0 Å². The molecular weight excluding hydrogens is 298 g/mol. The number of nitrogens with one attached hydrogen (secondary N) is 2. The van der Waals surface area contributed by atoms with Crippen LogP contribution in [-0.4, -0.2) is 28.2 Å². The lowest BCUT2D eigenvalue weighted by Crippen LogP contribution is -2.44. The molecule has 0 unspecified atom stereocenters. The lowest BCUT2D eigenvalue weighted by Gasteiger charge is -2.26. The molecule has 0 saturated heterocycles. The largest absolute Gasteiger partial charge is 0.388 e. The normalized spacial score (nSPS) is 17.1.